The molecule has 0 atom stereocenters. The summed E-state index contributed by atoms with van der Waals surface area (Å²) < 4.78 is 2.54. The quantitative estimate of drug-likeness (QED) is 0.895. The van der Waals surface area contributed by atoms with Gasteiger partial charge in [0.25, 0.3) is 5.91 Å². The molecule has 0 bridgehead atoms. The molecule has 0 fully saturated rings. The third kappa shape index (κ3) is 2.82. The van der Waals surface area contributed by atoms with E-state index in [-0.39, 0.29) is 5.91 Å². The highest BCUT2D eigenvalue weighted by molar-refractivity contribution is 9.10. The number of nitrogens with one attached hydrogen (secondary N) is 1. The van der Waals surface area contributed by atoms with E-state index in [0.717, 1.165) is 15.0 Å². The number of hydrogen-bond acceptors (Lipinski definition) is 4. The third-order valence-corrected chi connectivity index (χ3v) is 4.74. The van der Waals surface area contributed by atoms with Gasteiger partial charge in [0.2, 0.25) is 0 Å². The second-order valence-corrected chi connectivity index (χ2v) is 5.92. The number of carbonyl (C=O) groups excluding carboxylic acids is 1. The molecule has 1 amide bonds. The molecule has 19 heavy (non-hydrogen) atoms. The van der Waals surface area contributed by atoms with Gasteiger partial charge in [0.1, 0.15) is 5.69 Å². The number of amides is 1. The van der Waals surface area contributed by atoms with Crippen LogP contribution in [0.25, 0.3) is 0 Å². The van der Waals surface area contributed by atoms with Crippen LogP contribution in [0.3, 0.4) is 0 Å². The van der Waals surface area contributed by atoms with Crippen LogP contribution < -0.4 is 11.1 Å². The second-order valence-electron chi connectivity index (χ2n) is 4.06. The normalized spacial score (nSPS) is 10.7. The van der Waals surface area contributed by atoms with Crippen molar-refractivity contribution in [3.63, 3.8) is 0 Å². The van der Waals surface area contributed by atoms with Gasteiger partial charge in [0.05, 0.1) is 17.9 Å². The molecule has 0 aliphatic carbocycles. The molecule has 2 heterocycles. The van der Waals surface area contributed by atoms with Gasteiger partial charge in [-0.25, -0.2) is 0 Å². The Kier molecular flexibility index (Phi) is 4.26. The number of anilines is 1. The molecule has 0 aliphatic heterocycles. The lowest BCUT2D eigenvalue weighted by Crippen LogP contribution is -2.25. The standard InChI is InChI=1S/C12H15BrN4OS/c1-3-8-10(14)11(17(2)16-8)12(18)15-6-9-7(13)4-5-19-9/h4-5H,3,6,14H2,1-2H3,(H,15,18). The fraction of sp³-hybridized carbons (Fsp3) is 0.333. The van der Waals surface area contributed by atoms with E-state index in [0.29, 0.717) is 24.3 Å². The fourth-order valence-corrected chi connectivity index (χ4v) is 3.25. The van der Waals surface area contributed by atoms with Gasteiger partial charge < -0.3 is 11.1 Å². The van der Waals surface area contributed by atoms with Gasteiger partial charge in [-0.05, 0) is 33.8 Å². The largest absolute Gasteiger partial charge is 0.395 e. The summed E-state index contributed by atoms with van der Waals surface area (Å²) in [6, 6.07) is 1.96. The zero-order valence-corrected chi connectivity index (χ0v) is 13.1. The first-order chi connectivity index (χ1) is 9.04. The molecule has 3 N–H and O–H groups in total. The number of nitrogens with zero attached hydrogens (tertiary/aromatic N) is 2. The number of nitrogens with two attached hydrogens (primary N) is 1. The topological polar surface area (TPSA) is 72.9 Å². The first-order valence-corrected chi connectivity index (χ1v) is 7.53. The summed E-state index contributed by atoms with van der Waals surface area (Å²) in [7, 11) is 1.73. The molecular formula is C12H15BrN4OS. The smallest absolute Gasteiger partial charge is 0.271 e. The van der Waals surface area contributed by atoms with E-state index in [1.165, 1.54) is 4.68 Å². The minimum Gasteiger partial charge on any atom is -0.395 e. The minimum absolute atomic E-state index is 0.201. The van der Waals surface area contributed by atoms with Crippen molar-refractivity contribution < 1.29 is 4.79 Å². The van der Waals surface area contributed by atoms with E-state index < -0.39 is 0 Å². The van der Waals surface area contributed by atoms with Gasteiger partial charge in [-0.2, -0.15) is 5.10 Å². The van der Waals surface area contributed by atoms with Crippen LogP contribution in [-0.2, 0) is 20.0 Å². The van der Waals surface area contributed by atoms with Gasteiger partial charge in [-0.15, -0.1) is 11.3 Å². The number of carbonyl (C=O) groups is 1. The summed E-state index contributed by atoms with van der Waals surface area (Å²) in [4.78, 5) is 13.2. The molecule has 0 aromatic carbocycles. The number of rotatable bonds is 4. The van der Waals surface area contributed by atoms with Crippen LogP contribution in [0.4, 0.5) is 5.69 Å². The van der Waals surface area contributed by atoms with Crippen LogP contribution in [0.2, 0.25) is 0 Å². The number of hydrogen-bond donors (Lipinski definition) is 2. The van der Waals surface area contributed by atoms with E-state index in [1.807, 2.05) is 18.4 Å². The molecule has 0 saturated carbocycles. The van der Waals surface area contributed by atoms with E-state index in [4.69, 9.17) is 5.73 Å². The predicted molar refractivity (Wildman–Crippen MR) is 80.2 cm³/mol. The van der Waals surface area contributed by atoms with Crippen LogP contribution in [0.5, 0.6) is 0 Å². The maximum Gasteiger partial charge on any atom is 0.271 e. The van der Waals surface area contributed by atoms with Crippen LogP contribution in [-0.4, -0.2) is 15.7 Å². The maximum absolute atomic E-state index is 12.2. The number of thiophene rings is 1. The molecule has 2 aromatic heterocycles. The Morgan fingerprint density at radius 3 is 2.89 bits per heavy atom. The SMILES string of the molecule is CCc1nn(C)c(C(=O)NCc2sccc2Br)c1N. The van der Waals surface area contributed by atoms with Crippen LogP contribution in [0.1, 0.15) is 28.0 Å². The summed E-state index contributed by atoms with van der Waals surface area (Å²) in [6.45, 7) is 2.44. The van der Waals surface area contributed by atoms with Crippen molar-refractivity contribution in [2.45, 2.75) is 19.9 Å². The predicted octanol–water partition coefficient (Wildman–Crippen LogP) is 2.32. The average molecular weight is 343 g/mol. The molecule has 5 nitrogen and oxygen atoms in total. The zero-order chi connectivity index (χ0) is 14.0. The molecule has 7 heteroatoms. The summed E-state index contributed by atoms with van der Waals surface area (Å²) in [5.74, 6) is -0.201. The number of aryl methyl sites for hydroxylation is 2. The second kappa shape index (κ2) is 5.75. The molecule has 0 unspecified atom stereocenters. The number of aromatic nitrogens is 2. The van der Waals surface area contributed by atoms with Crippen molar-refractivity contribution in [3.05, 3.63) is 32.2 Å². The van der Waals surface area contributed by atoms with Crippen molar-refractivity contribution in [2.24, 2.45) is 7.05 Å². The fourth-order valence-electron chi connectivity index (χ4n) is 1.82. The molecule has 0 saturated heterocycles. The Bertz CT molecular complexity index is 605. The van der Waals surface area contributed by atoms with E-state index >= 15 is 0 Å². The maximum atomic E-state index is 12.2. The van der Waals surface area contributed by atoms with Crippen molar-refractivity contribution >= 4 is 38.9 Å². The molecule has 2 rings (SSSR count). The van der Waals surface area contributed by atoms with Crippen molar-refractivity contribution in [1.29, 1.82) is 0 Å². The van der Waals surface area contributed by atoms with E-state index in [1.54, 1.807) is 18.4 Å². The molecule has 0 aliphatic rings. The van der Waals surface area contributed by atoms with Crippen molar-refractivity contribution in [2.75, 3.05) is 5.73 Å². The van der Waals surface area contributed by atoms with Gasteiger partial charge >= 0.3 is 0 Å². The van der Waals surface area contributed by atoms with Crippen molar-refractivity contribution in [1.82, 2.24) is 15.1 Å². The van der Waals surface area contributed by atoms with Gasteiger partial charge in [-0.1, -0.05) is 6.92 Å². The highest BCUT2D eigenvalue weighted by atomic mass is 79.9. The Labute approximate surface area is 123 Å². The molecule has 102 valence electrons. The third-order valence-electron chi connectivity index (χ3n) is 2.81. The first-order valence-electron chi connectivity index (χ1n) is 5.86. The Hall–Kier alpha value is -1.34. The van der Waals surface area contributed by atoms with Gasteiger partial charge in [-0.3, -0.25) is 9.48 Å². The summed E-state index contributed by atoms with van der Waals surface area (Å²) >= 11 is 5.02. The lowest BCUT2D eigenvalue weighted by molar-refractivity contribution is 0.0943. The number of halogens is 1. The van der Waals surface area contributed by atoms with E-state index in [9.17, 15) is 4.79 Å². The van der Waals surface area contributed by atoms with Crippen LogP contribution >= 0.6 is 27.3 Å². The van der Waals surface area contributed by atoms with Crippen molar-refractivity contribution in [3.8, 4) is 0 Å². The molecular weight excluding hydrogens is 328 g/mol. The van der Waals surface area contributed by atoms with Crippen LogP contribution in [0.15, 0.2) is 15.9 Å². The summed E-state index contributed by atoms with van der Waals surface area (Å²) in [5, 5.41) is 9.07. The lowest BCUT2D eigenvalue weighted by atomic mass is 10.2. The zero-order valence-electron chi connectivity index (χ0n) is 10.7. The highest BCUT2D eigenvalue weighted by Gasteiger charge is 2.19. The monoisotopic (exact) mass is 342 g/mol. The van der Waals surface area contributed by atoms with Gasteiger partial charge in [0, 0.05) is 16.4 Å². The molecule has 0 spiro atoms. The van der Waals surface area contributed by atoms with Gasteiger partial charge in [0.15, 0.2) is 0 Å². The number of nitrogen functional groups attached to an aromatic ring is 1. The molecule has 2 aromatic rings. The first kappa shape index (κ1) is 14.1. The minimum atomic E-state index is -0.201. The molecule has 0 radical (unpaired) electrons. The lowest BCUT2D eigenvalue weighted by Gasteiger charge is -2.05. The average Bonchev–Trinajstić information content (AvgIpc) is 2.90. The highest BCUT2D eigenvalue weighted by Crippen LogP contribution is 2.22. The summed E-state index contributed by atoms with van der Waals surface area (Å²) in [5.41, 5.74) is 7.58. The van der Waals surface area contributed by atoms with Crippen LogP contribution in [0, 0.1) is 0 Å². The Morgan fingerprint density at radius 1 is 1.63 bits per heavy atom. The Balaban J connectivity index is 2.12. The Morgan fingerprint density at radius 2 is 2.37 bits per heavy atom. The summed E-state index contributed by atoms with van der Waals surface area (Å²) in [6.07, 6.45) is 0.712. The van der Waals surface area contributed by atoms with E-state index in [2.05, 4.69) is 26.3 Å².